The second kappa shape index (κ2) is 10.3. The summed E-state index contributed by atoms with van der Waals surface area (Å²) in [7, 11) is 1.36. The third-order valence-electron chi connectivity index (χ3n) is 5.32. The average molecular weight is 473 g/mol. The summed E-state index contributed by atoms with van der Waals surface area (Å²) in [5.41, 5.74) is 1.38. The van der Waals surface area contributed by atoms with Crippen molar-refractivity contribution in [1.29, 1.82) is 0 Å². The van der Waals surface area contributed by atoms with Gasteiger partial charge < -0.3 is 39.7 Å². The summed E-state index contributed by atoms with van der Waals surface area (Å²) >= 11 is 6.40. The third-order valence-corrected chi connectivity index (χ3v) is 5.66. The van der Waals surface area contributed by atoms with Crippen LogP contribution < -0.4 is 9.47 Å². The van der Waals surface area contributed by atoms with Crippen molar-refractivity contribution in [3.05, 3.63) is 57.9 Å². The topological polar surface area (TPSA) is 129 Å². The molecule has 3 rings (SSSR count). The number of methoxy groups -OCH3 is 1. The standard InChI is InChI=1S/C22H26ClFO8/c1-10(26)21-19(28)18(27)20(29)22(32-21)31-17-8-12(9-25)6-14(23)13(17)5-11-3-4-16(30-2)15(24)7-11/h3-4,6-8,10,18-22,25-29H,5,9H2,1-2H3/t10-,18+,19+,20-,21-,22-/m1/s1. The number of halogens is 2. The molecule has 1 aliphatic rings. The van der Waals surface area contributed by atoms with Crippen molar-refractivity contribution >= 4 is 11.6 Å². The molecule has 2 aromatic carbocycles. The van der Waals surface area contributed by atoms with Crippen molar-refractivity contribution < 1.29 is 44.1 Å². The van der Waals surface area contributed by atoms with Gasteiger partial charge in [0.1, 0.15) is 30.2 Å². The monoisotopic (exact) mass is 472 g/mol. The Hall–Kier alpha value is -1.98. The van der Waals surface area contributed by atoms with E-state index in [2.05, 4.69) is 0 Å². The van der Waals surface area contributed by atoms with Crippen LogP contribution in [0.1, 0.15) is 23.6 Å². The number of aliphatic hydroxyl groups is 5. The summed E-state index contributed by atoms with van der Waals surface area (Å²) in [6.45, 7) is 1.02. The van der Waals surface area contributed by atoms with Crippen LogP contribution in [0.5, 0.6) is 11.5 Å². The normalized spacial score (nSPS) is 26.6. The zero-order chi connectivity index (χ0) is 23.6. The molecule has 1 fully saturated rings. The van der Waals surface area contributed by atoms with Crippen molar-refractivity contribution in [2.75, 3.05) is 7.11 Å². The quantitative estimate of drug-likeness (QED) is 0.406. The molecule has 0 bridgehead atoms. The van der Waals surface area contributed by atoms with Crippen LogP contribution in [-0.4, -0.2) is 69.5 Å². The predicted molar refractivity (Wildman–Crippen MR) is 112 cm³/mol. The molecule has 0 spiro atoms. The molecule has 176 valence electrons. The Morgan fingerprint density at radius 2 is 1.78 bits per heavy atom. The van der Waals surface area contributed by atoms with E-state index in [9.17, 15) is 29.9 Å². The maximum atomic E-state index is 14.1. The van der Waals surface area contributed by atoms with E-state index in [1.165, 1.54) is 38.3 Å². The summed E-state index contributed by atoms with van der Waals surface area (Å²) < 4.78 is 30.4. The van der Waals surface area contributed by atoms with Crippen LogP contribution in [0.15, 0.2) is 30.3 Å². The molecule has 5 N–H and O–H groups in total. The first-order valence-corrected chi connectivity index (χ1v) is 10.3. The van der Waals surface area contributed by atoms with Gasteiger partial charge in [0, 0.05) is 17.0 Å². The molecule has 1 aliphatic heterocycles. The lowest BCUT2D eigenvalue weighted by Gasteiger charge is -2.41. The number of hydrogen-bond acceptors (Lipinski definition) is 8. The highest BCUT2D eigenvalue weighted by molar-refractivity contribution is 6.31. The van der Waals surface area contributed by atoms with Gasteiger partial charge in [-0.15, -0.1) is 0 Å². The van der Waals surface area contributed by atoms with Crippen LogP contribution in [0.4, 0.5) is 4.39 Å². The van der Waals surface area contributed by atoms with Gasteiger partial charge in [-0.2, -0.15) is 0 Å². The predicted octanol–water partition coefficient (Wildman–Crippen LogP) is 1.14. The van der Waals surface area contributed by atoms with Gasteiger partial charge in [-0.25, -0.2) is 4.39 Å². The van der Waals surface area contributed by atoms with E-state index >= 15 is 0 Å². The average Bonchev–Trinajstić information content (AvgIpc) is 2.75. The number of ether oxygens (including phenoxy) is 3. The summed E-state index contributed by atoms with van der Waals surface area (Å²) in [5, 5.41) is 50.2. The van der Waals surface area contributed by atoms with Crippen LogP contribution in [0, 0.1) is 5.82 Å². The lowest BCUT2D eigenvalue weighted by atomic mass is 9.96. The first-order chi connectivity index (χ1) is 15.2. The van der Waals surface area contributed by atoms with Gasteiger partial charge in [0.15, 0.2) is 11.6 Å². The van der Waals surface area contributed by atoms with Gasteiger partial charge in [0.05, 0.1) is 19.8 Å². The lowest BCUT2D eigenvalue weighted by Crippen LogP contribution is -2.61. The molecule has 0 saturated carbocycles. The molecular formula is C22H26ClFO8. The van der Waals surface area contributed by atoms with Crippen molar-refractivity contribution in [2.24, 2.45) is 0 Å². The smallest absolute Gasteiger partial charge is 0.229 e. The molecule has 2 aromatic rings. The molecule has 32 heavy (non-hydrogen) atoms. The van der Waals surface area contributed by atoms with Crippen LogP contribution in [0.25, 0.3) is 0 Å². The number of benzene rings is 2. The Bertz CT molecular complexity index is 940. The Morgan fingerprint density at radius 1 is 1.06 bits per heavy atom. The number of aliphatic hydroxyl groups excluding tert-OH is 5. The van der Waals surface area contributed by atoms with Crippen LogP contribution in [-0.2, 0) is 17.8 Å². The van der Waals surface area contributed by atoms with E-state index in [1.807, 2.05) is 0 Å². The van der Waals surface area contributed by atoms with E-state index in [4.69, 9.17) is 25.8 Å². The Kier molecular flexibility index (Phi) is 7.94. The first kappa shape index (κ1) is 24.7. The summed E-state index contributed by atoms with van der Waals surface area (Å²) in [5.74, 6) is -0.351. The van der Waals surface area contributed by atoms with E-state index in [1.54, 1.807) is 6.07 Å². The van der Waals surface area contributed by atoms with E-state index < -0.39 is 42.6 Å². The fourth-order valence-corrected chi connectivity index (χ4v) is 3.85. The Labute approximate surface area is 189 Å². The molecule has 1 heterocycles. The van der Waals surface area contributed by atoms with Crippen molar-refractivity contribution in [3.63, 3.8) is 0 Å². The largest absolute Gasteiger partial charge is 0.494 e. The second-order valence-corrected chi connectivity index (χ2v) is 8.06. The highest BCUT2D eigenvalue weighted by atomic mass is 35.5. The molecule has 10 heteroatoms. The van der Waals surface area contributed by atoms with Crippen molar-refractivity contribution in [1.82, 2.24) is 0 Å². The highest BCUT2D eigenvalue weighted by Crippen LogP contribution is 2.34. The van der Waals surface area contributed by atoms with Gasteiger partial charge in [0.2, 0.25) is 6.29 Å². The minimum absolute atomic E-state index is 0.0855. The Balaban J connectivity index is 1.94. The van der Waals surface area contributed by atoms with E-state index in [-0.39, 0.29) is 29.5 Å². The van der Waals surface area contributed by atoms with Crippen LogP contribution in [0.3, 0.4) is 0 Å². The van der Waals surface area contributed by atoms with Gasteiger partial charge in [-0.1, -0.05) is 17.7 Å². The minimum Gasteiger partial charge on any atom is -0.494 e. The molecule has 0 aliphatic carbocycles. The maximum absolute atomic E-state index is 14.1. The molecule has 1 saturated heterocycles. The summed E-state index contributed by atoms with van der Waals surface area (Å²) in [4.78, 5) is 0. The fraction of sp³-hybridized carbons (Fsp3) is 0.455. The van der Waals surface area contributed by atoms with Crippen molar-refractivity contribution in [2.45, 2.75) is 56.8 Å². The zero-order valence-corrected chi connectivity index (χ0v) is 18.2. The van der Waals surface area contributed by atoms with Crippen LogP contribution >= 0.6 is 11.6 Å². The number of rotatable bonds is 7. The third kappa shape index (κ3) is 5.15. The second-order valence-electron chi connectivity index (χ2n) is 7.66. The minimum atomic E-state index is -1.64. The lowest BCUT2D eigenvalue weighted by molar-refractivity contribution is -0.286. The van der Waals surface area contributed by atoms with Gasteiger partial charge in [0.25, 0.3) is 0 Å². The maximum Gasteiger partial charge on any atom is 0.229 e. The SMILES string of the molecule is COc1ccc(Cc2c(Cl)cc(CO)cc2O[C@@H]2O[C@H]([C@@H](C)O)[C@@H](O)[C@H](O)[C@H]2O)cc1F. The summed E-state index contributed by atoms with van der Waals surface area (Å²) in [6, 6.07) is 7.41. The van der Waals surface area contributed by atoms with E-state index in [0.29, 0.717) is 16.7 Å². The molecule has 0 aromatic heterocycles. The van der Waals surface area contributed by atoms with Crippen molar-refractivity contribution in [3.8, 4) is 11.5 Å². The van der Waals surface area contributed by atoms with Gasteiger partial charge >= 0.3 is 0 Å². The molecule has 8 nitrogen and oxygen atoms in total. The highest BCUT2D eigenvalue weighted by Gasteiger charge is 2.46. The van der Waals surface area contributed by atoms with E-state index in [0.717, 1.165) is 0 Å². The summed E-state index contributed by atoms with van der Waals surface area (Å²) in [6.07, 6.45) is -8.49. The first-order valence-electron chi connectivity index (χ1n) is 9.95. The van der Waals surface area contributed by atoms with Gasteiger partial charge in [-0.3, -0.25) is 0 Å². The van der Waals surface area contributed by atoms with Crippen LogP contribution in [0.2, 0.25) is 5.02 Å². The molecular weight excluding hydrogens is 447 g/mol. The molecule has 0 radical (unpaired) electrons. The molecule has 0 amide bonds. The van der Waals surface area contributed by atoms with Gasteiger partial charge in [-0.05, 0) is 42.3 Å². The Morgan fingerprint density at radius 3 is 2.38 bits per heavy atom. The molecule has 0 unspecified atom stereocenters. The fourth-order valence-electron chi connectivity index (χ4n) is 3.55. The zero-order valence-electron chi connectivity index (χ0n) is 17.5. The number of hydrogen-bond donors (Lipinski definition) is 5. The molecule has 6 atom stereocenters.